The number of anilines is 1. The Hall–Kier alpha value is -0.730. The largest absolute Gasteiger partial charge is 0.368 e. The van der Waals surface area contributed by atoms with Crippen molar-refractivity contribution in [3.05, 3.63) is 28.8 Å². The summed E-state index contributed by atoms with van der Waals surface area (Å²) in [5, 5.41) is 4.32. The zero-order chi connectivity index (χ0) is 14.5. The zero-order valence-electron chi connectivity index (χ0n) is 13.0. The molecule has 1 aliphatic carbocycles. The maximum atomic E-state index is 6.56. The van der Waals surface area contributed by atoms with Crippen molar-refractivity contribution < 1.29 is 0 Å². The quantitative estimate of drug-likeness (QED) is 0.812. The molecule has 112 valence electrons. The van der Waals surface area contributed by atoms with Gasteiger partial charge in [0.05, 0.1) is 10.7 Å². The fourth-order valence-electron chi connectivity index (χ4n) is 3.29. The third-order valence-electron chi connectivity index (χ3n) is 4.40. The van der Waals surface area contributed by atoms with Crippen LogP contribution < -0.4 is 10.2 Å². The van der Waals surface area contributed by atoms with Crippen LogP contribution in [0.25, 0.3) is 0 Å². The minimum absolute atomic E-state index is 0.355. The van der Waals surface area contributed by atoms with E-state index in [4.69, 9.17) is 11.6 Å². The molecule has 0 spiro atoms. The second kappa shape index (κ2) is 7.33. The molecular weight excluding hydrogens is 268 g/mol. The van der Waals surface area contributed by atoms with E-state index in [0.29, 0.717) is 12.1 Å². The molecule has 0 saturated heterocycles. The molecule has 1 aromatic rings. The van der Waals surface area contributed by atoms with E-state index in [1.165, 1.54) is 36.9 Å². The van der Waals surface area contributed by atoms with Crippen molar-refractivity contribution in [2.24, 2.45) is 0 Å². The highest BCUT2D eigenvalue weighted by molar-refractivity contribution is 6.33. The van der Waals surface area contributed by atoms with E-state index in [2.05, 4.69) is 49.2 Å². The summed E-state index contributed by atoms with van der Waals surface area (Å²) in [6.07, 6.45) is 5.32. The lowest BCUT2D eigenvalue weighted by Crippen LogP contribution is -2.33. The summed E-state index contributed by atoms with van der Waals surface area (Å²) < 4.78 is 0. The Labute approximate surface area is 128 Å². The van der Waals surface area contributed by atoms with Crippen molar-refractivity contribution in [3.63, 3.8) is 0 Å². The molecule has 1 atom stereocenters. The molecule has 1 fully saturated rings. The number of nitrogens with one attached hydrogen (secondary N) is 1. The highest BCUT2D eigenvalue weighted by atomic mass is 35.5. The van der Waals surface area contributed by atoms with Gasteiger partial charge in [-0.15, -0.1) is 0 Å². The highest BCUT2D eigenvalue weighted by Crippen LogP contribution is 2.34. The fraction of sp³-hybridized carbons (Fsp3) is 0.647. The topological polar surface area (TPSA) is 15.3 Å². The van der Waals surface area contributed by atoms with E-state index in [0.717, 1.165) is 18.1 Å². The third-order valence-corrected chi connectivity index (χ3v) is 4.70. The first-order chi connectivity index (χ1) is 9.67. The van der Waals surface area contributed by atoms with Crippen molar-refractivity contribution in [1.29, 1.82) is 0 Å². The van der Waals surface area contributed by atoms with Crippen molar-refractivity contribution in [3.8, 4) is 0 Å². The molecular formula is C17H27ClN2. The van der Waals surface area contributed by atoms with E-state index in [9.17, 15) is 0 Å². The van der Waals surface area contributed by atoms with Gasteiger partial charge in [0.25, 0.3) is 0 Å². The molecule has 0 heterocycles. The normalized spacial score (nSPS) is 17.4. The molecule has 20 heavy (non-hydrogen) atoms. The Kier molecular flexibility index (Phi) is 5.74. The highest BCUT2D eigenvalue weighted by Gasteiger charge is 2.23. The molecule has 0 radical (unpaired) electrons. The first kappa shape index (κ1) is 15.7. The van der Waals surface area contributed by atoms with Gasteiger partial charge in [-0.05, 0) is 50.9 Å². The maximum Gasteiger partial charge on any atom is 0.0642 e. The van der Waals surface area contributed by atoms with Gasteiger partial charge in [0.2, 0.25) is 0 Å². The van der Waals surface area contributed by atoms with Crippen LogP contribution in [0.5, 0.6) is 0 Å². The minimum atomic E-state index is 0.355. The van der Waals surface area contributed by atoms with E-state index in [-0.39, 0.29) is 0 Å². The summed E-state index contributed by atoms with van der Waals surface area (Å²) >= 11 is 6.56. The summed E-state index contributed by atoms with van der Waals surface area (Å²) in [5.74, 6) is 0. The Morgan fingerprint density at radius 3 is 2.55 bits per heavy atom. The number of hydrogen-bond donors (Lipinski definition) is 1. The zero-order valence-corrected chi connectivity index (χ0v) is 13.7. The van der Waals surface area contributed by atoms with Gasteiger partial charge in [0.15, 0.2) is 0 Å². The van der Waals surface area contributed by atoms with Crippen LogP contribution in [0.3, 0.4) is 0 Å². The van der Waals surface area contributed by atoms with Crippen LogP contribution >= 0.6 is 11.6 Å². The summed E-state index contributed by atoms with van der Waals surface area (Å²) in [6, 6.07) is 7.57. The Bertz CT molecular complexity index is 427. The van der Waals surface area contributed by atoms with E-state index < -0.39 is 0 Å². The lowest BCUT2D eigenvalue weighted by molar-refractivity contribution is 0.597. The van der Waals surface area contributed by atoms with Crippen molar-refractivity contribution >= 4 is 17.3 Å². The van der Waals surface area contributed by atoms with Crippen molar-refractivity contribution in [1.82, 2.24) is 5.32 Å². The lowest BCUT2D eigenvalue weighted by atomic mass is 10.1. The predicted molar refractivity (Wildman–Crippen MR) is 88.8 cm³/mol. The number of benzene rings is 1. The number of rotatable bonds is 6. The second-order valence-electron chi connectivity index (χ2n) is 5.71. The Balaban J connectivity index is 2.19. The summed E-state index contributed by atoms with van der Waals surface area (Å²) in [6.45, 7) is 8.55. The monoisotopic (exact) mass is 294 g/mol. The molecule has 1 saturated carbocycles. The van der Waals surface area contributed by atoms with Crippen LogP contribution in [0, 0.1) is 0 Å². The maximum absolute atomic E-state index is 6.56. The van der Waals surface area contributed by atoms with Crippen LogP contribution in [0.4, 0.5) is 5.69 Å². The minimum Gasteiger partial charge on any atom is -0.368 e. The average molecular weight is 295 g/mol. The molecule has 1 N–H and O–H groups in total. The summed E-state index contributed by atoms with van der Waals surface area (Å²) in [5.41, 5.74) is 2.47. The molecule has 0 aromatic heterocycles. The van der Waals surface area contributed by atoms with Crippen LogP contribution in [-0.4, -0.2) is 19.1 Å². The second-order valence-corrected chi connectivity index (χ2v) is 6.12. The van der Waals surface area contributed by atoms with Gasteiger partial charge in [-0.1, -0.05) is 37.4 Å². The summed E-state index contributed by atoms with van der Waals surface area (Å²) in [7, 11) is 0. The SMILES string of the molecule is CCNC(C)c1ccc(N(CC)C2CCCC2)c(Cl)c1. The van der Waals surface area contributed by atoms with Gasteiger partial charge >= 0.3 is 0 Å². The standard InChI is InChI=1S/C17H27ClN2/c1-4-19-13(3)14-10-11-17(16(18)12-14)20(5-2)15-8-6-7-9-15/h10-13,15,19H,4-9H2,1-3H3. The van der Waals surface area contributed by atoms with Gasteiger partial charge < -0.3 is 10.2 Å². The van der Waals surface area contributed by atoms with Crippen molar-refractivity contribution in [2.45, 2.75) is 58.5 Å². The van der Waals surface area contributed by atoms with E-state index >= 15 is 0 Å². The van der Waals surface area contributed by atoms with Crippen LogP contribution in [-0.2, 0) is 0 Å². The lowest BCUT2D eigenvalue weighted by Gasteiger charge is -2.31. The molecule has 3 heteroatoms. The first-order valence-corrected chi connectivity index (χ1v) is 8.34. The molecule has 1 aliphatic rings. The molecule has 0 amide bonds. The van der Waals surface area contributed by atoms with Gasteiger partial charge in [-0.2, -0.15) is 0 Å². The van der Waals surface area contributed by atoms with Crippen LogP contribution in [0.1, 0.15) is 58.1 Å². The van der Waals surface area contributed by atoms with Gasteiger partial charge in [0.1, 0.15) is 0 Å². The summed E-state index contributed by atoms with van der Waals surface area (Å²) in [4.78, 5) is 2.48. The first-order valence-electron chi connectivity index (χ1n) is 7.96. The molecule has 1 aromatic carbocycles. The average Bonchev–Trinajstić information content (AvgIpc) is 2.95. The predicted octanol–water partition coefficient (Wildman–Crippen LogP) is 4.78. The van der Waals surface area contributed by atoms with E-state index in [1.807, 2.05) is 0 Å². The number of nitrogens with zero attached hydrogens (tertiary/aromatic N) is 1. The van der Waals surface area contributed by atoms with Gasteiger partial charge in [-0.25, -0.2) is 0 Å². The Morgan fingerprint density at radius 2 is 2.00 bits per heavy atom. The number of hydrogen-bond acceptors (Lipinski definition) is 2. The smallest absolute Gasteiger partial charge is 0.0642 e. The fourth-order valence-corrected chi connectivity index (χ4v) is 3.59. The third kappa shape index (κ3) is 3.48. The van der Waals surface area contributed by atoms with E-state index in [1.54, 1.807) is 0 Å². The van der Waals surface area contributed by atoms with Crippen LogP contribution in [0.2, 0.25) is 5.02 Å². The molecule has 0 aliphatic heterocycles. The van der Waals surface area contributed by atoms with Crippen LogP contribution in [0.15, 0.2) is 18.2 Å². The Morgan fingerprint density at radius 1 is 1.30 bits per heavy atom. The van der Waals surface area contributed by atoms with Crippen molar-refractivity contribution in [2.75, 3.05) is 18.0 Å². The molecule has 0 bridgehead atoms. The van der Waals surface area contributed by atoms with Gasteiger partial charge in [0, 0.05) is 18.6 Å². The number of halogens is 1. The molecule has 2 rings (SSSR count). The molecule has 1 unspecified atom stereocenters. The van der Waals surface area contributed by atoms with Gasteiger partial charge in [-0.3, -0.25) is 0 Å². The molecule has 2 nitrogen and oxygen atoms in total.